The molecule has 6 nitrogen and oxygen atoms in total. The fraction of sp³-hybridized carbons (Fsp3) is 0.300. The van der Waals surface area contributed by atoms with Crippen LogP contribution in [0.5, 0.6) is 0 Å². The number of nitrogens with one attached hydrogen (secondary N) is 2. The zero-order chi connectivity index (χ0) is 19.2. The second-order valence-corrected chi connectivity index (χ2v) is 6.67. The van der Waals surface area contributed by atoms with Crippen LogP contribution in [0.4, 0.5) is 20.6 Å². The van der Waals surface area contributed by atoms with Crippen LogP contribution in [0.25, 0.3) is 0 Å². The molecule has 1 aliphatic heterocycles. The van der Waals surface area contributed by atoms with E-state index in [1.807, 2.05) is 24.3 Å². The van der Waals surface area contributed by atoms with E-state index in [2.05, 4.69) is 15.5 Å². The molecular weight excluding hydrogens is 347 g/mol. The van der Waals surface area contributed by atoms with Crippen molar-refractivity contribution in [2.75, 3.05) is 23.3 Å². The van der Waals surface area contributed by atoms with E-state index in [-0.39, 0.29) is 23.7 Å². The first-order valence-electron chi connectivity index (χ1n) is 8.95. The molecule has 1 saturated heterocycles. The first kappa shape index (κ1) is 18.7. The lowest BCUT2D eigenvalue weighted by molar-refractivity contribution is -0.122. The number of anilines is 2. The van der Waals surface area contributed by atoms with Crippen molar-refractivity contribution in [3.05, 3.63) is 59.9 Å². The predicted octanol–water partition coefficient (Wildman–Crippen LogP) is 2.85. The van der Waals surface area contributed by atoms with E-state index in [1.54, 1.807) is 0 Å². The van der Waals surface area contributed by atoms with Gasteiger partial charge in [-0.25, -0.2) is 9.18 Å². The summed E-state index contributed by atoms with van der Waals surface area (Å²) in [7, 11) is 0. The molecule has 1 fully saturated rings. The molecule has 3 amide bonds. The van der Waals surface area contributed by atoms with Gasteiger partial charge in [0, 0.05) is 31.0 Å². The highest BCUT2D eigenvalue weighted by atomic mass is 19.1. The van der Waals surface area contributed by atoms with E-state index >= 15 is 0 Å². The van der Waals surface area contributed by atoms with Gasteiger partial charge >= 0.3 is 6.03 Å². The number of nitrogens with two attached hydrogens (primary N) is 1. The van der Waals surface area contributed by atoms with Crippen molar-refractivity contribution < 1.29 is 14.0 Å². The summed E-state index contributed by atoms with van der Waals surface area (Å²) in [6.07, 6.45) is 1.79. The van der Waals surface area contributed by atoms with Crippen LogP contribution in [0.15, 0.2) is 48.5 Å². The standard InChI is InChI=1S/C20H23FN4O2/c21-16-5-7-17(8-6-16)24-20(27)23-12-14-3-9-18(10-4-14)25-11-1-2-15(13-25)19(22)26/h3-10,15H,1-2,11-13H2,(H2,22,26)(H2,23,24,27)/t15-/m0/s1. The highest BCUT2D eigenvalue weighted by molar-refractivity contribution is 5.89. The topological polar surface area (TPSA) is 87.5 Å². The Bertz CT molecular complexity index is 793. The van der Waals surface area contributed by atoms with E-state index in [1.165, 1.54) is 24.3 Å². The second-order valence-electron chi connectivity index (χ2n) is 6.67. The monoisotopic (exact) mass is 370 g/mol. The molecule has 0 unspecified atom stereocenters. The van der Waals surface area contributed by atoms with Gasteiger partial charge in [0.1, 0.15) is 5.82 Å². The Morgan fingerprint density at radius 2 is 1.81 bits per heavy atom. The van der Waals surface area contributed by atoms with Crippen molar-refractivity contribution in [3.8, 4) is 0 Å². The smallest absolute Gasteiger partial charge is 0.319 e. The van der Waals surface area contributed by atoms with Gasteiger partial charge in [0.15, 0.2) is 0 Å². The molecule has 0 aliphatic carbocycles. The van der Waals surface area contributed by atoms with Crippen molar-refractivity contribution in [2.45, 2.75) is 19.4 Å². The van der Waals surface area contributed by atoms with Gasteiger partial charge in [0.05, 0.1) is 5.92 Å². The summed E-state index contributed by atoms with van der Waals surface area (Å²) in [4.78, 5) is 25.5. The highest BCUT2D eigenvalue weighted by Gasteiger charge is 2.23. The first-order chi connectivity index (χ1) is 13.0. The number of primary amides is 1. The minimum Gasteiger partial charge on any atom is -0.371 e. The SMILES string of the molecule is NC(=O)[C@H]1CCCN(c2ccc(CNC(=O)Nc3ccc(F)cc3)cc2)C1. The first-order valence-corrected chi connectivity index (χ1v) is 8.95. The van der Waals surface area contributed by atoms with Gasteiger partial charge in [-0.1, -0.05) is 12.1 Å². The van der Waals surface area contributed by atoms with Crippen molar-refractivity contribution in [1.29, 1.82) is 0 Å². The quantitative estimate of drug-likeness (QED) is 0.756. The molecule has 3 rings (SSSR count). The summed E-state index contributed by atoms with van der Waals surface area (Å²) in [5.41, 5.74) is 7.96. The number of urea groups is 1. The average molecular weight is 370 g/mol. The number of hydrogen-bond acceptors (Lipinski definition) is 3. The maximum atomic E-state index is 12.9. The van der Waals surface area contributed by atoms with E-state index in [0.717, 1.165) is 30.6 Å². The number of carbonyl (C=O) groups excluding carboxylic acids is 2. The van der Waals surface area contributed by atoms with Crippen molar-refractivity contribution in [3.63, 3.8) is 0 Å². The molecule has 4 N–H and O–H groups in total. The van der Waals surface area contributed by atoms with Gasteiger partial charge in [-0.2, -0.15) is 0 Å². The molecule has 1 atom stereocenters. The lowest BCUT2D eigenvalue weighted by Gasteiger charge is -2.33. The van der Waals surface area contributed by atoms with Gasteiger partial charge in [-0.3, -0.25) is 4.79 Å². The van der Waals surface area contributed by atoms with Gasteiger partial charge in [-0.05, 0) is 54.8 Å². The van der Waals surface area contributed by atoms with Crippen LogP contribution in [0, 0.1) is 11.7 Å². The number of halogens is 1. The molecule has 142 valence electrons. The fourth-order valence-corrected chi connectivity index (χ4v) is 3.16. The van der Waals surface area contributed by atoms with Gasteiger partial charge < -0.3 is 21.3 Å². The Labute approximate surface area is 157 Å². The lowest BCUT2D eigenvalue weighted by Crippen LogP contribution is -2.41. The molecule has 27 heavy (non-hydrogen) atoms. The third kappa shape index (κ3) is 5.20. The molecule has 1 aliphatic rings. The molecule has 0 radical (unpaired) electrons. The minimum absolute atomic E-state index is 0.102. The molecule has 0 bridgehead atoms. The Hall–Kier alpha value is -3.09. The molecule has 0 saturated carbocycles. The summed E-state index contributed by atoms with van der Waals surface area (Å²) in [5.74, 6) is -0.695. The molecule has 0 aromatic heterocycles. The fourth-order valence-electron chi connectivity index (χ4n) is 3.16. The molecule has 2 aromatic carbocycles. The molecule has 7 heteroatoms. The van der Waals surface area contributed by atoms with Gasteiger partial charge in [-0.15, -0.1) is 0 Å². The highest BCUT2D eigenvalue weighted by Crippen LogP contribution is 2.23. The Morgan fingerprint density at radius 3 is 2.48 bits per heavy atom. The van der Waals surface area contributed by atoms with Crippen molar-refractivity contribution >= 4 is 23.3 Å². The number of rotatable bonds is 5. The zero-order valence-corrected chi connectivity index (χ0v) is 15.0. The van der Waals surface area contributed by atoms with E-state index in [4.69, 9.17) is 5.73 Å². The number of amides is 3. The maximum Gasteiger partial charge on any atom is 0.319 e. The van der Waals surface area contributed by atoms with Crippen molar-refractivity contribution in [2.24, 2.45) is 11.7 Å². The van der Waals surface area contributed by atoms with Crippen LogP contribution in [-0.2, 0) is 11.3 Å². The third-order valence-corrected chi connectivity index (χ3v) is 4.68. The van der Waals surface area contributed by atoms with Crippen LogP contribution >= 0.6 is 0 Å². The molecule has 1 heterocycles. The molecule has 2 aromatic rings. The van der Waals surface area contributed by atoms with Crippen LogP contribution < -0.4 is 21.3 Å². The zero-order valence-electron chi connectivity index (χ0n) is 15.0. The normalized spacial score (nSPS) is 16.6. The van der Waals surface area contributed by atoms with E-state index in [9.17, 15) is 14.0 Å². The summed E-state index contributed by atoms with van der Waals surface area (Å²) in [6.45, 7) is 1.92. The Morgan fingerprint density at radius 1 is 1.11 bits per heavy atom. The summed E-state index contributed by atoms with van der Waals surface area (Å²) in [6, 6.07) is 13.1. The number of hydrogen-bond donors (Lipinski definition) is 3. The van der Waals surface area contributed by atoms with Crippen LogP contribution in [0.1, 0.15) is 18.4 Å². The van der Waals surface area contributed by atoms with E-state index in [0.29, 0.717) is 18.8 Å². The number of benzene rings is 2. The lowest BCUT2D eigenvalue weighted by atomic mass is 9.97. The number of nitrogens with zero attached hydrogens (tertiary/aromatic N) is 1. The average Bonchev–Trinajstić information content (AvgIpc) is 2.69. The summed E-state index contributed by atoms with van der Waals surface area (Å²) < 4.78 is 12.9. The summed E-state index contributed by atoms with van der Waals surface area (Å²) in [5, 5.41) is 5.41. The van der Waals surface area contributed by atoms with Crippen LogP contribution in [-0.4, -0.2) is 25.0 Å². The van der Waals surface area contributed by atoms with Crippen LogP contribution in [0.2, 0.25) is 0 Å². The van der Waals surface area contributed by atoms with E-state index < -0.39 is 0 Å². The largest absolute Gasteiger partial charge is 0.371 e. The third-order valence-electron chi connectivity index (χ3n) is 4.68. The van der Waals surface area contributed by atoms with Gasteiger partial charge in [0.25, 0.3) is 0 Å². The molecule has 0 spiro atoms. The number of piperidine rings is 1. The Kier molecular flexibility index (Phi) is 5.90. The second kappa shape index (κ2) is 8.53. The minimum atomic E-state index is -0.356. The van der Waals surface area contributed by atoms with Crippen LogP contribution in [0.3, 0.4) is 0 Å². The maximum absolute atomic E-state index is 12.9. The van der Waals surface area contributed by atoms with Crippen molar-refractivity contribution in [1.82, 2.24) is 5.32 Å². The molecular formula is C20H23FN4O2. The van der Waals surface area contributed by atoms with Gasteiger partial charge in [0.2, 0.25) is 5.91 Å². The number of carbonyl (C=O) groups is 2. The Balaban J connectivity index is 1.51. The summed E-state index contributed by atoms with van der Waals surface area (Å²) >= 11 is 0. The predicted molar refractivity (Wildman–Crippen MR) is 103 cm³/mol.